The van der Waals surface area contributed by atoms with E-state index in [4.69, 9.17) is 4.52 Å². The van der Waals surface area contributed by atoms with Crippen molar-refractivity contribution < 1.29 is 17.7 Å². The minimum atomic E-state index is -3.25. The van der Waals surface area contributed by atoms with E-state index in [1.54, 1.807) is 24.3 Å². The fraction of sp³-hybridized carbons (Fsp3) is 0.344. The van der Waals surface area contributed by atoms with Crippen LogP contribution in [0.3, 0.4) is 0 Å². The zero-order valence-electron chi connectivity index (χ0n) is 23.4. The molecule has 0 radical (unpaired) electrons. The van der Waals surface area contributed by atoms with Gasteiger partial charge in [0.05, 0.1) is 4.90 Å². The van der Waals surface area contributed by atoms with Crippen LogP contribution in [0.4, 0.5) is 5.69 Å². The highest BCUT2D eigenvalue weighted by Gasteiger charge is 2.24. The first kappa shape index (κ1) is 28.7. The van der Waals surface area contributed by atoms with Gasteiger partial charge in [-0.1, -0.05) is 53.7 Å². The second-order valence-electron chi connectivity index (χ2n) is 10.7. The summed E-state index contributed by atoms with van der Waals surface area (Å²) in [6, 6.07) is 26.6. The molecule has 0 spiro atoms. The van der Waals surface area contributed by atoms with Crippen LogP contribution >= 0.6 is 0 Å². The highest BCUT2D eigenvalue weighted by atomic mass is 32.2. The maximum atomic E-state index is 13.3. The number of carbonyl (C=O) groups excluding carboxylic acids is 1. The lowest BCUT2D eigenvalue weighted by Gasteiger charge is -2.33. The van der Waals surface area contributed by atoms with E-state index in [2.05, 4.69) is 27.2 Å². The lowest BCUT2D eigenvalue weighted by Crippen LogP contribution is -2.42. The van der Waals surface area contributed by atoms with E-state index in [0.717, 1.165) is 56.6 Å². The first-order valence-electron chi connectivity index (χ1n) is 14.1. The molecule has 1 aliphatic heterocycles. The molecular formula is C32H36N4O4S. The van der Waals surface area contributed by atoms with Crippen molar-refractivity contribution in [3.05, 3.63) is 96.4 Å². The van der Waals surface area contributed by atoms with Crippen LogP contribution in [-0.2, 0) is 27.5 Å². The molecule has 0 aliphatic carbocycles. The Hall–Kier alpha value is -3.82. The van der Waals surface area contributed by atoms with Crippen molar-refractivity contribution in [1.29, 1.82) is 0 Å². The van der Waals surface area contributed by atoms with Crippen molar-refractivity contribution in [2.75, 3.05) is 37.3 Å². The number of para-hydroxylation sites is 1. The molecule has 0 atom stereocenters. The molecule has 4 aromatic rings. The maximum Gasteiger partial charge on any atom is 0.227 e. The number of carbonyl (C=O) groups is 1. The fourth-order valence-electron chi connectivity index (χ4n) is 5.25. The quantitative estimate of drug-likeness (QED) is 0.248. The van der Waals surface area contributed by atoms with Crippen LogP contribution < -0.4 is 4.90 Å². The van der Waals surface area contributed by atoms with Crippen molar-refractivity contribution in [1.82, 2.24) is 15.0 Å². The number of benzene rings is 3. The maximum absolute atomic E-state index is 13.3. The second kappa shape index (κ2) is 13.2. The van der Waals surface area contributed by atoms with Gasteiger partial charge in [0.15, 0.2) is 9.84 Å². The number of rotatable bonds is 11. The molecule has 1 aromatic heterocycles. The third-order valence-corrected chi connectivity index (χ3v) is 8.79. The number of hydrogen-bond donors (Lipinski definition) is 0. The molecule has 1 amide bonds. The van der Waals surface area contributed by atoms with Crippen LogP contribution in [0.2, 0.25) is 0 Å². The molecule has 8 nitrogen and oxygen atoms in total. The number of likely N-dealkylation sites (tertiary alicyclic amines) is 1. The number of hydrogen-bond acceptors (Lipinski definition) is 7. The van der Waals surface area contributed by atoms with Crippen LogP contribution in [-0.4, -0.2) is 61.8 Å². The van der Waals surface area contributed by atoms with Crippen molar-refractivity contribution in [2.45, 2.75) is 37.0 Å². The van der Waals surface area contributed by atoms with Crippen LogP contribution in [0.25, 0.3) is 11.4 Å². The van der Waals surface area contributed by atoms with Crippen LogP contribution in [0.1, 0.15) is 30.7 Å². The fourth-order valence-corrected chi connectivity index (χ4v) is 5.88. The Balaban J connectivity index is 1.11. The normalized spacial score (nSPS) is 14.7. The van der Waals surface area contributed by atoms with Crippen molar-refractivity contribution in [3.8, 4) is 11.4 Å². The van der Waals surface area contributed by atoms with Gasteiger partial charge in [0.25, 0.3) is 0 Å². The van der Waals surface area contributed by atoms with Crippen molar-refractivity contribution >= 4 is 21.4 Å². The van der Waals surface area contributed by atoms with Gasteiger partial charge in [-0.2, -0.15) is 4.98 Å². The van der Waals surface area contributed by atoms with Gasteiger partial charge in [0, 0.05) is 43.4 Å². The Kier molecular flexibility index (Phi) is 9.26. The molecule has 214 valence electrons. The smallest absolute Gasteiger partial charge is 0.227 e. The van der Waals surface area contributed by atoms with Gasteiger partial charge in [-0.05, 0) is 80.2 Å². The van der Waals surface area contributed by atoms with Crippen LogP contribution in [0.5, 0.6) is 0 Å². The van der Waals surface area contributed by atoms with E-state index in [1.165, 1.54) is 11.8 Å². The Morgan fingerprint density at radius 1 is 0.951 bits per heavy atom. The van der Waals surface area contributed by atoms with Crippen LogP contribution in [0, 0.1) is 5.92 Å². The largest absolute Gasteiger partial charge is 0.339 e. The molecule has 9 heteroatoms. The standard InChI is InChI=1S/C32H36N4O4S/c1-41(38,39)29-15-13-27(14-16-29)32-33-30(40-34-32)24-26-18-20-35(21-19-26)22-23-36(28-10-6-3-7-11-28)31(37)17-12-25-8-4-2-5-9-25/h2-11,13-16,26H,12,17-24H2,1H3. The number of piperidine rings is 1. The Labute approximate surface area is 241 Å². The molecule has 5 rings (SSSR count). The Bertz CT molecular complexity index is 1510. The number of amides is 1. The molecule has 0 bridgehead atoms. The van der Waals surface area contributed by atoms with E-state index in [-0.39, 0.29) is 10.8 Å². The summed E-state index contributed by atoms with van der Waals surface area (Å²) in [6.45, 7) is 3.40. The van der Waals surface area contributed by atoms with Gasteiger partial charge >= 0.3 is 0 Å². The average molecular weight is 573 g/mol. The van der Waals surface area contributed by atoms with E-state index in [0.29, 0.717) is 30.6 Å². The number of aromatic nitrogens is 2. The van der Waals surface area contributed by atoms with Gasteiger partial charge in [-0.25, -0.2) is 8.42 Å². The number of anilines is 1. The first-order chi connectivity index (χ1) is 19.8. The molecule has 1 aliphatic rings. The Morgan fingerprint density at radius 3 is 2.27 bits per heavy atom. The molecule has 0 N–H and O–H groups in total. The van der Waals surface area contributed by atoms with E-state index < -0.39 is 9.84 Å². The van der Waals surface area contributed by atoms with E-state index in [1.807, 2.05) is 53.4 Å². The summed E-state index contributed by atoms with van der Waals surface area (Å²) in [4.78, 5) is 22.4. The van der Waals surface area contributed by atoms with E-state index >= 15 is 0 Å². The minimum Gasteiger partial charge on any atom is -0.339 e. The summed E-state index contributed by atoms with van der Waals surface area (Å²) in [5.74, 6) is 1.67. The van der Waals surface area contributed by atoms with Gasteiger partial charge in [0.1, 0.15) is 0 Å². The summed E-state index contributed by atoms with van der Waals surface area (Å²) in [6.07, 6.45) is 5.16. The predicted molar refractivity (Wildman–Crippen MR) is 159 cm³/mol. The van der Waals surface area contributed by atoms with Gasteiger partial charge in [-0.3, -0.25) is 4.79 Å². The second-order valence-corrected chi connectivity index (χ2v) is 12.7. The summed E-state index contributed by atoms with van der Waals surface area (Å²) in [5, 5.41) is 4.10. The molecule has 1 fully saturated rings. The lowest BCUT2D eigenvalue weighted by atomic mass is 9.93. The number of nitrogens with zero attached hydrogens (tertiary/aromatic N) is 4. The predicted octanol–water partition coefficient (Wildman–Crippen LogP) is 5.06. The number of sulfone groups is 1. The zero-order chi connectivity index (χ0) is 28.7. The molecule has 0 saturated carbocycles. The highest BCUT2D eigenvalue weighted by molar-refractivity contribution is 7.90. The molecule has 41 heavy (non-hydrogen) atoms. The summed E-state index contributed by atoms with van der Waals surface area (Å²) in [5.41, 5.74) is 2.84. The topological polar surface area (TPSA) is 96.6 Å². The summed E-state index contributed by atoms with van der Waals surface area (Å²) >= 11 is 0. The van der Waals surface area contributed by atoms with Gasteiger partial charge in [-0.15, -0.1) is 0 Å². The number of aryl methyl sites for hydroxylation is 1. The molecule has 2 heterocycles. The minimum absolute atomic E-state index is 0.146. The van der Waals surface area contributed by atoms with Gasteiger partial charge < -0.3 is 14.3 Å². The average Bonchev–Trinajstić information content (AvgIpc) is 3.46. The molecule has 3 aromatic carbocycles. The van der Waals surface area contributed by atoms with Crippen molar-refractivity contribution in [3.63, 3.8) is 0 Å². The lowest BCUT2D eigenvalue weighted by molar-refractivity contribution is -0.118. The molecular weight excluding hydrogens is 536 g/mol. The molecule has 1 saturated heterocycles. The monoisotopic (exact) mass is 572 g/mol. The third kappa shape index (κ3) is 7.89. The SMILES string of the molecule is CS(=O)(=O)c1ccc(-c2noc(CC3CCN(CCN(C(=O)CCc4ccccc4)c4ccccc4)CC3)n2)cc1. The van der Waals surface area contributed by atoms with Crippen LogP contribution in [0.15, 0.2) is 94.3 Å². The van der Waals surface area contributed by atoms with Crippen molar-refractivity contribution in [2.24, 2.45) is 5.92 Å². The van der Waals surface area contributed by atoms with Gasteiger partial charge in [0.2, 0.25) is 17.6 Å². The molecule has 0 unspecified atom stereocenters. The first-order valence-corrected chi connectivity index (χ1v) is 16.0. The summed E-state index contributed by atoms with van der Waals surface area (Å²) in [7, 11) is -3.25. The van der Waals surface area contributed by atoms with E-state index in [9.17, 15) is 13.2 Å². The zero-order valence-corrected chi connectivity index (χ0v) is 24.2. The summed E-state index contributed by atoms with van der Waals surface area (Å²) < 4.78 is 28.9. The highest BCUT2D eigenvalue weighted by Crippen LogP contribution is 2.24. The Morgan fingerprint density at radius 2 is 1.61 bits per heavy atom. The third-order valence-electron chi connectivity index (χ3n) is 7.66.